The Morgan fingerprint density at radius 1 is 1.26 bits per heavy atom. The minimum Gasteiger partial charge on any atom is -0.405 e. The van der Waals surface area contributed by atoms with Crippen LogP contribution < -0.4 is 16.9 Å². The molecule has 1 aromatic heterocycles. The van der Waals surface area contributed by atoms with E-state index in [1.807, 2.05) is 40.0 Å². The highest BCUT2D eigenvalue weighted by Gasteiger charge is 2.33. The molecule has 1 aliphatic heterocycles. The van der Waals surface area contributed by atoms with Gasteiger partial charge in [-0.05, 0) is 37.4 Å². The van der Waals surface area contributed by atoms with E-state index in [-0.39, 0.29) is 37.9 Å². The van der Waals surface area contributed by atoms with Gasteiger partial charge in [-0.2, -0.15) is 18.6 Å². The fraction of sp³-hybridized carbons (Fsp3) is 0.682. The van der Waals surface area contributed by atoms with Crippen LogP contribution in [-0.4, -0.2) is 33.8 Å². The van der Waals surface area contributed by atoms with E-state index in [0.717, 1.165) is 12.2 Å². The highest BCUT2D eigenvalue weighted by Crippen LogP contribution is 2.27. The fourth-order valence-electron chi connectivity index (χ4n) is 3.21. The van der Waals surface area contributed by atoms with Crippen LogP contribution in [0, 0.1) is 18.8 Å². The third-order valence-electron chi connectivity index (χ3n) is 4.65. The average Bonchev–Trinajstić information content (AvgIpc) is 3.19. The fourth-order valence-corrected chi connectivity index (χ4v) is 3.21. The van der Waals surface area contributed by atoms with Crippen LogP contribution in [0.4, 0.5) is 8.78 Å². The van der Waals surface area contributed by atoms with Crippen LogP contribution in [0.1, 0.15) is 59.6 Å². The van der Waals surface area contributed by atoms with Crippen molar-refractivity contribution >= 4 is 13.5 Å². The van der Waals surface area contributed by atoms with Gasteiger partial charge in [-0.15, -0.1) is 0 Å². The van der Waals surface area contributed by atoms with Gasteiger partial charge in [0.05, 0.1) is 18.3 Å². The van der Waals surface area contributed by atoms with Crippen LogP contribution in [0.3, 0.4) is 0 Å². The van der Waals surface area contributed by atoms with Crippen molar-refractivity contribution in [3.63, 3.8) is 0 Å². The number of aryl methyl sites for hydroxylation is 2. The first-order valence-corrected chi connectivity index (χ1v) is 10.7. The van der Waals surface area contributed by atoms with E-state index >= 15 is 0 Å². The Morgan fingerprint density at radius 3 is 2.23 bits per heavy atom. The maximum atomic E-state index is 12.4. The molecule has 2 heterocycles. The van der Waals surface area contributed by atoms with E-state index in [4.69, 9.17) is 5.73 Å². The summed E-state index contributed by atoms with van der Waals surface area (Å²) in [4.78, 5) is 0. The Balaban J connectivity index is 0. The topological polar surface area (TPSA) is 85.1 Å². The molecule has 1 atom stereocenters. The molecule has 0 spiro atoms. The van der Waals surface area contributed by atoms with Gasteiger partial charge in [-0.25, -0.2) is 14.2 Å². The zero-order chi connectivity index (χ0) is 23.3. The van der Waals surface area contributed by atoms with Gasteiger partial charge in [0.2, 0.25) is 0 Å². The average molecular weight is 463 g/mol. The molecular weight excluding hydrogens is 418 g/mol. The largest absolute Gasteiger partial charge is 0.405 e. The number of rotatable bonds is 8. The summed E-state index contributed by atoms with van der Waals surface area (Å²) in [5, 5.41) is 5.71. The van der Waals surface area contributed by atoms with Crippen LogP contribution in [0.15, 0.2) is 36.4 Å². The molecule has 6 nitrogen and oxygen atoms in total. The van der Waals surface area contributed by atoms with Crippen molar-refractivity contribution in [2.45, 2.75) is 79.8 Å². The lowest BCUT2D eigenvalue weighted by Crippen LogP contribution is -2.43. The summed E-state index contributed by atoms with van der Waals surface area (Å²) in [5.41, 5.74) is 16.5. The first-order chi connectivity index (χ1) is 14.1. The van der Waals surface area contributed by atoms with E-state index < -0.39 is 6.43 Å². The molecule has 0 saturated carbocycles. The zero-order valence-electron chi connectivity index (χ0n) is 20.0. The second-order valence-electron chi connectivity index (χ2n) is 7.99. The standard InChI is InChI=1S/C11H21F2N3.C9H16N2.C2H5N.H2S/c1-6(2)10-9(14)11(7(3)4)16(15-10)5-8(12)13;1-3-4-5-8-11-9(2)6-7-10-11;1-2-3;/h6-8,10,15H,5,14H2,1-4H3;6-7H,3-5,8H2,1-2H3;2H,1,3H2;1H2. The molecule has 1 aromatic rings. The molecule has 31 heavy (non-hydrogen) atoms. The van der Waals surface area contributed by atoms with Crippen LogP contribution in [0.25, 0.3) is 0 Å². The van der Waals surface area contributed by atoms with Crippen molar-refractivity contribution in [2.75, 3.05) is 6.54 Å². The number of nitrogens with zero attached hydrogens (tertiary/aromatic N) is 3. The van der Waals surface area contributed by atoms with E-state index in [0.29, 0.717) is 5.70 Å². The molecule has 5 N–H and O–H groups in total. The van der Waals surface area contributed by atoms with Crippen molar-refractivity contribution in [3.8, 4) is 0 Å². The van der Waals surface area contributed by atoms with Gasteiger partial charge in [-0.1, -0.05) is 54.0 Å². The number of hydrogen-bond acceptors (Lipinski definition) is 5. The van der Waals surface area contributed by atoms with Gasteiger partial charge in [-0.3, -0.25) is 4.68 Å². The molecule has 0 fully saturated rings. The van der Waals surface area contributed by atoms with Crippen LogP contribution in [0.2, 0.25) is 0 Å². The van der Waals surface area contributed by atoms with Gasteiger partial charge in [0.1, 0.15) is 0 Å². The van der Waals surface area contributed by atoms with Gasteiger partial charge >= 0.3 is 0 Å². The summed E-state index contributed by atoms with van der Waals surface area (Å²) in [7, 11) is 0. The molecule has 1 aliphatic rings. The normalized spacial score (nSPS) is 15.5. The molecule has 0 bridgehead atoms. The molecular formula is C22H44F2N6S. The molecule has 182 valence electrons. The van der Waals surface area contributed by atoms with Crippen molar-refractivity contribution in [2.24, 2.45) is 23.3 Å². The lowest BCUT2D eigenvalue weighted by molar-refractivity contribution is 0.0766. The summed E-state index contributed by atoms with van der Waals surface area (Å²) in [6.45, 7) is 16.2. The minimum absolute atomic E-state index is 0. The number of hydrogen-bond donors (Lipinski definition) is 3. The van der Waals surface area contributed by atoms with E-state index in [9.17, 15) is 8.78 Å². The SMILES string of the molecule is C=CN.CC(C)C1=C(N)C(C(C)C)NN1CC(F)F.CCCCCn1nccc1C.S. The molecule has 0 saturated heterocycles. The number of nitrogens with two attached hydrogens (primary N) is 2. The number of allylic oxidation sites excluding steroid dienone is 1. The van der Waals surface area contributed by atoms with E-state index in [1.165, 1.54) is 36.2 Å². The molecule has 9 heteroatoms. The zero-order valence-corrected chi connectivity index (χ0v) is 21.0. The second kappa shape index (κ2) is 16.9. The molecule has 1 unspecified atom stereocenters. The number of alkyl halides is 2. The van der Waals surface area contributed by atoms with Crippen molar-refractivity contribution in [1.29, 1.82) is 0 Å². The Labute approximate surface area is 194 Å². The Kier molecular flexibility index (Phi) is 17.1. The summed E-state index contributed by atoms with van der Waals surface area (Å²) in [6, 6.07) is 2.02. The predicted molar refractivity (Wildman–Crippen MR) is 132 cm³/mol. The molecule has 0 amide bonds. The number of halogens is 2. The Hall–Kier alpha value is -1.74. The van der Waals surface area contributed by atoms with Crippen molar-refractivity contribution in [1.82, 2.24) is 20.2 Å². The third-order valence-corrected chi connectivity index (χ3v) is 4.65. The quantitative estimate of drug-likeness (QED) is 0.495. The maximum Gasteiger partial charge on any atom is 0.257 e. The second-order valence-corrected chi connectivity index (χ2v) is 7.99. The predicted octanol–water partition coefficient (Wildman–Crippen LogP) is 4.51. The summed E-state index contributed by atoms with van der Waals surface area (Å²) in [5.74, 6) is 0.437. The molecule has 2 rings (SSSR count). The molecule has 0 aliphatic carbocycles. The summed E-state index contributed by atoms with van der Waals surface area (Å²) in [6.07, 6.45) is 4.58. The first-order valence-electron chi connectivity index (χ1n) is 10.7. The lowest BCUT2D eigenvalue weighted by atomic mass is 9.99. The molecule has 0 aromatic carbocycles. The van der Waals surface area contributed by atoms with Crippen LogP contribution in [-0.2, 0) is 6.54 Å². The summed E-state index contributed by atoms with van der Waals surface area (Å²) < 4.78 is 26.9. The molecule has 0 radical (unpaired) electrons. The summed E-state index contributed by atoms with van der Waals surface area (Å²) >= 11 is 0. The Morgan fingerprint density at radius 2 is 1.84 bits per heavy atom. The first kappa shape index (κ1) is 31.4. The monoisotopic (exact) mass is 462 g/mol. The number of aromatic nitrogens is 2. The lowest BCUT2D eigenvalue weighted by Gasteiger charge is -2.25. The highest BCUT2D eigenvalue weighted by molar-refractivity contribution is 7.59. The number of unbranched alkanes of at least 4 members (excludes halogenated alkanes) is 2. The van der Waals surface area contributed by atoms with Gasteiger partial charge in [0.15, 0.2) is 0 Å². The van der Waals surface area contributed by atoms with Gasteiger partial charge in [0, 0.05) is 24.1 Å². The van der Waals surface area contributed by atoms with Crippen molar-refractivity contribution < 1.29 is 8.78 Å². The van der Waals surface area contributed by atoms with Crippen LogP contribution in [0.5, 0.6) is 0 Å². The minimum atomic E-state index is -2.36. The third kappa shape index (κ3) is 11.4. The van der Waals surface area contributed by atoms with Gasteiger partial charge < -0.3 is 16.5 Å². The number of hydrazine groups is 1. The number of nitrogens with one attached hydrogen (secondary N) is 1. The van der Waals surface area contributed by atoms with Crippen molar-refractivity contribution in [3.05, 3.63) is 42.1 Å². The van der Waals surface area contributed by atoms with E-state index in [1.54, 1.807) is 0 Å². The Bertz CT molecular complexity index is 631. The smallest absolute Gasteiger partial charge is 0.257 e. The highest BCUT2D eigenvalue weighted by atomic mass is 32.1. The van der Waals surface area contributed by atoms with E-state index in [2.05, 4.69) is 41.4 Å². The van der Waals surface area contributed by atoms with Gasteiger partial charge in [0.25, 0.3) is 6.43 Å². The maximum absolute atomic E-state index is 12.4. The van der Waals surface area contributed by atoms with Crippen LogP contribution >= 0.6 is 13.5 Å².